The van der Waals surface area contributed by atoms with E-state index in [1.165, 1.54) is 76.4 Å². The number of hydrogen-bond donors (Lipinski definition) is 0. The molecule has 0 saturated heterocycles. The van der Waals surface area contributed by atoms with Crippen molar-refractivity contribution in [3.05, 3.63) is 133 Å². The quantitative estimate of drug-likeness (QED) is 0.189. The lowest BCUT2D eigenvalue weighted by Crippen LogP contribution is -2.63. The van der Waals surface area contributed by atoms with E-state index >= 15 is 0 Å². The summed E-state index contributed by atoms with van der Waals surface area (Å²) in [6.45, 7) is 4.86. The molecule has 0 bridgehead atoms. The van der Waals surface area contributed by atoms with E-state index < -0.39 is 0 Å². The first-order valence-corrected chi connectivity index (χ1v) is 16.2. The minimum Gasteiger partial charge on any atom is -0.317 e. The molecule has 5 heteroatoms. The van der Waals surface area contributed by atoms with E-state index in [9.17, 15) is 0 Å². The van der Waals surface area contributed by atoms with Crippen molar-refractivity contribution in [1.82, 2.24) is 0 Å². The molecular formula is C39H28BN3S. The average molecular weight is 582 g/mol. The average Bonchev–Trinajstić information content (AvgIpc) is 3.55. The van der Waals surface area contributed by atoms with Gasteiger partial charge in [-0.05, 0) is 84.8 Å². The third-order valence-electron chi connectivity index (χ3n) is 9.87. The second-order valence-corrected chi connectivity index (χ2v) is 13.6. The number of hydrogen-bond acceptors (Lipinski definition) is 4. The molecule has 0 fully saturated rings. The molecule has 3 aliphatic heterocycles. The summed E-state index contributed by atoms with van der Waals surface area (Å²) >= 11 is 1.88. The summed E-state index contributed by atoms with van der Waals surface area (Å²) in [6, 6.07) is 49.4. The molecule has 10 rings (SSSR count). The molecule has 0 atom stereocenters. The molecule has 1 aromatic heterocycles. The van der Waals surface area contributed by atoms with E-state index in [0.29, 0.717) is 0 Å². The predicted octanol–water partition coefficient (Wildman–Crippen LogP) is 8.69. The van der Waals surface area contributed by atoms with Crippen LogP contribution in [-0.2, 0) is 0 Å². The third-order valence-corrected chi connectivity index (χ3v) is 11.0. The lowest BCUT2D eigenvalue weighted by atomic mass is 9.33. The van der Waals surface area contributed by atoms with Crippen molar-refractivity contribution < 1.29 is 0 Å². The van der Waals surface area contributed by atoms with Gasteiger partial charge in [0.1, 0.15) is 5.66 Å². The topological polar surface area (TPSA) is 9.72 Å². The van der Waals surface area contributed by atoms with Gasteiger partial charge in [-0.25, -0.2) is 0 Å². The fourth-order valence-corrected chi connectivity index (χ4v) is 9.42. The molecule has 6 aromatic carbocycles. The Balaban J connectivity index is 1.29. The van der Waals surface area contributed by atoms with Crippen LogP contribution in [0.5, 0.6) is 0 Å². The highest BCUT2D eigenvalue weighted by molar-refractivity contribution is 7.26. The van der Waals surface area contributed by atoms with Gasteiger partial charge < -0.3 is 14.7 Å². The minimum absolute atomic E-state index is 0.143. The van der Waals surface area contributed by atoms with Gasteiger partial charge in [0.25, 0.3) is 6.71 Å². The molecule has 3 aliphatic rings. The Morgan fingerprint density at radius 3 is 2.07 bits per heavy atom. The summed E-state index contributed by atoms with van der Waals surface area (Å²) in [6.07, 6.45) is 0. The van der Waals surface area contributed by atoms with E-state index in [-0.39, 0.29) is 12.4 Å². The fourth-order valence-electron chi connectivity index (χ4n) is 8.29. The summed E-state index contributed by atoms with van der Waals surface area (Å²) in [5, 5.41) is 2.65. The summed E-state index contributed by atoms with van der Waals surface area (Å²) in [5.41, 5.74) is 12.7. The number of anilines is 7. The minimum atomic E-state index is -0.314. The van der Waals surface area contributed by atoms with E-state index in [2.05, 4.69) is 162 Å². The molecule has 208 valence electrons. The van der Waals surface area contributed by atoms with E-state index in [0.717, 1.165) is 0 Å². The first kappa shape index (κ1) is 24.4. The normalized spacial score (nSPS) is 15.5. The summed E-state index contributed by atoms with van der Waals surface area (Å²) in [7, 11) is 0. The monoisotopic (exact) mass is 581 g/mol. The first-order valence-electron chi connectivity index (χ1n) is 15.3. The summed E-state index contributed by atoms with van der Waals surface area (Å²) in [5.74, 6) is 0. The highest BCUT2D eigenvalue weighted by Crippen LogP contribution is 2.54. The zero-order valence-corrected chi connectivity index (χ0v) is 25.3. The molecule has 44 heavy (non-hydrogen) atoms. The van der Waals surface area contributed by atoms with Crippen molar-refractivity contribution in [1.29, 1.82) is 0 Å². The standard InChI is InChI=1S/C39H28BN3S/c1-39(2)42(25-13-4-3-5-14-25)33-22-10-17-28-38(33)43(39)32-21-11-20-31-37(32)40(28)27-16-7-8-18-29(27)41(31)30-19-12-24-35-36(30)26-15-6-9-23-34(26)44-35/h3-24H,1-2H3. The summed E-state index contributed by atoms with van der Waals surface area (Å²) in [4.78, 5) is 7.66. The maximum absolute atomic E-state index is 2.60. The molecule has 0 radical (unpaired) electrons. The van der Waals surface area contributed by atoms with Crippen LogP contribution < -0.4 is 31.1 Å². The number of para-hydroxylation sites is 3. The van der Waals surface area contributed by atoms with Crippen LogP contribution in [0.15, 0.2) is 133 Å². The van der Waals surface area contributed by atoms with Crippen LogP contribution in [0.3, 0.4) is 0 Å². The zero-order chi connectivity index (χ0) is 29.2. The lowest BCUT2D eigenvalue weighted by molar-refractivity contribution is 0.541. The fraction of sp³-hybridized carbons (Fsp3) is 0.0769. The van der Waals surface area contributed by atoms with Gasteiger partial charge >= 0.3 is 0 Å². The van der Waals surface area contributed by atoms with Crippen LogP contribution in [0.25, 0.3) is 20.2 Å². The Morgan fingerprint density at radius 1 is 0.523 bits per heavy atom. The Labute approximate surface area is 261 Å². The van der Waals surface area contributed by atoms with Gasteiger partial charge in [-0.15, -0.1) is 11.3 Å². The highest BCUT2D eigenvalue weighted by Gasteiger charge is 2.52. The second kappa shape index (κ2) is 8.55. The number of fused-ring (bicyclic) bond motifs is 7. The highest BCUT2D eigenvalue weighted by atomic mass is 32.1. The van der Waals surface area contributed by atoms with Crippen LogP contribution in [-0.4, -0.2) is 12.4 Å². The van der Waals surface area contributed by atoms with E-state index in [4.69, 9.17) is 0 Å². The van der Waals surface area contributed by atoms with E-state index in [1.807, 2.05) is 11.3 Å². The molecule has 4 heterocycles. The van der Waals surface area contributed by atoms with Crippen LogP contribution in [0.1, 0.15) is 13.8 Å². The Morgan fingerprint density at radius 2 is 1.16 bits per heavy atom. The van der Waals surface area contributed by atoms with Crippen molar-refractivity contribution in [2.24, 2.45) is 0 Å². The number of thiophene rings is 1. The number of nitrogens with zero attached hydrogens (tertiary/aromatic N) is 3. The Hall–Kier alpha value is -5.00. The van der Waals surface area contributed by atoms with Gasteiger partial charge in [-0.1, -0.05) is 78.9 Å². The maximum Gasteiger partial charge on any atom is 0.252 e. The molecule has 0 spiro atoms. The van der Waals surface area contributed by atoms with Gasteiger partial charge in [0.15, 0.2) is 0 Å². The molecule has 0 aliphatic carbocycles. The second-order valence-electron chi connectivity index (χ2n) is 12.5. The number of benzene rings is 6. The molecule has 0 unspecified atom stereocenters. The van der Waals surface area contributed by atoms with Crippen molar-refractivity contribution in [2.75, 3.05) is 14.7 Å². The van der Waals surface area contributed by atoms with Crippen LogP contribution >= 0.6 is 11.3 Å². The molecule has 0 N–H and O–H groups in total. The van der Waals surface area contributed by atoms with Crippen molar-refractivity contribution in [3.8, 4) is 0 Å². The van der Waals surface area contributed by atoms with Gasteiger partial charge in [0, 0.05) is 42.9 Å². The smallest absolute Gasteiger partial charge is 0.252 e. The van der Waals surface area contributed by atoms with Crippen LogP contribution in [0, 0.1) is 0 Å². The maximum atomic E-state index is 2.60. The van der Waals surface area contributed by atoms with Crippen molar-refractivity contribution >= 4 is 94.4 Å². The number of rotatable bonds is 2. The first-order chi connectivity index (χ1) is 21.6. The van der Waals surface area contributed by atoms with Crippen molar-refractivity contribution in [2.45, 2.75) is 19.5 Å². The largest absolute Gasteiger partial charge is 0.317 e. The van der Waals surface area contributed by atoms with Crippen molar-refractivity contribution in [3.63, 3.8) is 0 Å². The Kier molecular flexibility index (Phi) is 4.75. The van der Waals surface area contributed by atoms with Gasteiger partial charge in [0.05, 0.1) is 17.1 Å². The molecule has 0 amide bonds. The van der Waals surface area contributed by atoms with Crippen LogP contribution in [0.4, 0.5) is 39.8 Å². The third kappa shape index (κ3) is 2.97. The Bertz CT molecular complexity index is 2310. The van der Waals surface area contributed by atoms with E-state index in [1.54, 1.807) is 0 Å². The molecular weight excluding hydrogens is 553 g/mol. The molecule has 3 nitrogen and oxygen atoms in total. The van der Waals surface area contributed by atoms with Crippen LogP contribution in [0.2, 0.25) is 0 Å². The summed E-state index contributed by atoms with van der Waals surface area (Å²) < 4.78 is 2.65. The lowest BCUT2D eigenvalue weighted by Gasteiger charge is -2.47. The van der Waals surface area contributed by atoms with Gasteiger partial charge in [0.2, 0.25) is 0 Å². The van der Waals surface area contributed by atoms with Gasteiger partial charge in [-0.2, -0.15) is 0 Å². The van der Waals surface area contributed by atoms with Gasteiger partial charge in [-0.3, -0.25) is 0 Å². The molecule has 7 aromatic rings. The SMILES string of the molecule is CC1(C)N(c2ccccc2)c2cccc3c2N1c1cccc2c1B3c1ccccc1N2c1cccc2sc3ccccc3c12. The predicted molar refractivity (Wildman–Crippen MR) is 190 cm³/mol. The molecule has 0 saturated carbocycles. The zero-order valence-electron chi connectivity index (χ0n) is 24.5.